The van der Waals surface area contributed by atoms with Crippen molar-refractivity contribution in [1.82, 2.24) is 30.9 Å². The van der Waals surface area contributed by atoms with E-state index >= 15 is 0 Å². The minimum absolute atomic E-state index is 0.0776. The molecule has 252 valence electrons. The van der Waals surface area contributed by atoms with Crippen molar-refractivity contribution in [2.45, 2.75) is 71.8 Å². The van der Waals surface area contributed by atoms with E-state index in [9.17, 15) is 19.2 Å². The summed E-state index contributed by atoms with van der Waals surface area (Å²) in [6, 6.07) is 18.3. The molecule has 2 aromatic heterocycles. The highest BCUT2D eigenvalue weighted by atomic mass is 16.6. The molecule has 1 aliphatic carbocycles. The number of carbonyl (C=O) groups is 3. The number of ketones is 1. The molecule has 12 nitrogen and oxygen atoms in total. The van der Waals surface area contributed by atoms with E-state index in [0.29, 0.717) is 37.3 Å². The third-order valence-electron chi connectivity index (χ3n) is 8.65. The molecule has 1 saturated carbocycles. The molecule has 2 aromatic carbocycles. The van der Waals surface area contributed by atoms with Gasteiger partial charge in [0.25, 0.3) is 0 Å². The van der Waals surface area contributed by atoms with Gasteiger partial charge in [0.05, 0.1) is 0 Å². The smallest absolute Gasteiger partial charge is 0.407 e. The predicted octanol–water partition coefficient (Wildman–Crippen LogP) is 5.62. The van der Waals surface area contributed by atoms with Gasteiger partial charge >= 0.3 is 6.09 Å². The molecule has 0 radical (unpaired) electrons. The second-order valence-electron chi connectivity index (χ2n) is 13.5. The maximum Gasteiger partial charge on any atom is 0.407 e. The van der Waals surface area contributed by atoms with Gasteiger partial charge in [0.2, 0.25) is 17.3 Å². The van der Waals surface area contributed by atoms with Gasteiger partial charge in [-0.3, -0.25) is 14.4 Å². The van der Waals surface area contributed by atoms with Crippen LogP contribution >= 0.6 is 0 Å². The topological polar surface area (TPSA) is 172 Å². The first-order valence-corrected chi connectivity index (χ1v) is 16.4. The Kier molecular flexibility index (Phi) is 10.8. The van der Waals surface area contributed by atoms with Crippen LogP contribution in [0, 0.1) is 24.7 Å². The summed E-state index contributed by atoms with van der Waals surface area (Å²) >= 11 is 0. The van der Waals surface area contributed by atoms with Crippen molar-refractivity contribution >= 4 is 23.5 Å². The number of anilines is 1. The summed E-state index contributed by atoms with van der Waals surface area (Å²) in [7, 11) is 0. The molecule has 0 saturated heterocycles. The summed E-state index contributed by atoms with van der Waals surface area (Å²) in [5, 5.41) is 19.9. The van der Waals surface area contributed by atoms with Crippen molar-refractivity contribution < 1.29 is 19.1 Å². The molecule has 4 aromatic rings. The van der Waals surface area contributed by atoms with Crippen molar-refractivity contribution in [3.63, 3.8) is 0 Å². The molecule has 2 amide bonds. The van der Waals surface area contributed by atoms with Crippen molar-refractivity contribution in [3.05, 3.63) is 82.3 Å². The van der Waals surface area contributed by atoms with Crippen LogP contribution in [0.25, 0.3) is 22.5 Å². The van der Waals surface area contributed by atoms with Gasteiger partial charge in [-0.15, -0.1) is 10.2 Å². The Labute approximate surface area is 279 Å². The highest BCUT2D eigenvalue weighted by molar-refractivity contribution is 5.96. The van der Waals surface area contributed by atoms with Crippen LogP contribution < -0.4 is 16.2 Å². The molecule has 5 rings (SSSR count). The highest BCUT2D eigenvalue weighted by Crippen LogP contribution is 2.32. The Morgan fingerprint density at radius 3 is 2.40 bits per heavy atom. The van der Waals surface area contributed by atoms with E-state index < -0.39 is 17.6 Å². The number of nitrogens with one attached hydrogen (secondary N) is 4. The molecule has 0 bridgehead atoms. The van der Waals surface area contributed by atoms with Crippen molar-refractivity contribution in [2.75, 3.05) is 11.9 Å². The first kappa shape index (κ1) is 34.2. The molecule has 4 N–H and O–H groups in total. The Bertz CT molecular complexity index is 1770. The number of aromatic nitrogens is 5. The van der Waals surface area contributed by atoms with Crippen LogP contribution in [0.1, 0.15) is 64.1 Å². The number of aromatic amines is 2. The number of H-pyrrole nitrogens is 2. The summed E-state index contributed by atoms with van der Waals surface area (Å²) < 4.78 is 5.35. The van der Waals surface area contributed by atoms with Gasteiger partial charge in [-0.25, -0.2) is 4.79 Å². The zero-order chi connectivity index (χ0) is 34.3. The molecular weight excluding hydrogens is 610 g/mol. The lowest BCUT2D eigenvalue weighted by Gasteiger charge is -2.29. The van der Waals surface area contributed by atoms with Gasteiger partial charge in [-0.2, -0.15) is 5.21 Å². The van der Waals surface area contributed by atoms with Crippen LogP contribution in [0.3, 0.4) is 0 Å². The lowest BCUT2D eigenvalue weighted by atomic mass is 9.77. The Balaban J connectivity index is 1.27. The molecule has 0 spiro atoms. The first-order chi connectivity index (χ1) is 22.9. The fourth-order valence-corrected chi connectivity index (χ4v) is 6.17. The fourth-order valence-electron chi connectivity index (χ4n) is 6.17. The van der Waals surface area contributed by atoms with Gasteiger partial charge < -0.3 is 20.4 Å². The number of ether oxygens (including phenoxy) is 1. The van der Waals surface area contributed by atoms with E-state index in [1.54, 1.807) is 30.3 Å². The van der Waals surface area contributed by atoms with E-state index in [1.807, 2.05) is 52.0 Å². The molecule has 12 heteroatoms. The average molecular weight is 654 g/mol. The lowest BCUT2D eigenvalue weighted by molar-refractivity contribution is -0.129. The van der Waals surface area contributed by atoms with E-state index in [4.69, 9.17) is 4.74 Å². The highest BCUT2D eigenvalue weighted by Gasteiger charge is 2.31. The summed E-state index contributed by atoms with van der Waals surface area (Å²) in [6.45, 7) is 7.85. The van der Waals surface area contributed by atoms with Crippen molar-refractivity contribution in [3.8, 4) is 22.5 Å². The van der Waals surface area contributed by atoms with E-state index in [2.05, 4.69) is 36.2 Å². The van der Waals surface area contributed by atoms with Gasteiger partial charge in [0.15, 0.2) is 0 Å². The van der Waals surface area contributed by atoms with Crippen LogP contribution in [-0.4, -0.2) is 55.5 Å². The molecular formula is C36H43N7O5. The summed E-state index contributed by atoms with van der Waals surface area (Å²) in [5.41, 5.74) is 4.11. The van der Waals surface area contributed by atoms with E-state index in [-0.39, 0.29) is 35.5 Å². The van der Waals surface area contributed by atoms with Crippen LogP contribution in [0.5, 0.6) is 0 Å². The molecule has 2 heterocycles. The quantitative estimate of drug-likeness (QED) is 0.162. The molecule has 0 aliphatic heterocycles. The van der Waals surface area contributed by atoms with Gasteiger partial charge in [-0.1, -0.05) is 24.3 Å². The number of hydrogen-bond donors (Lipinski definition) is 4. The minimum Gasteiger partial charge on any atom is -0.444 e. The summed E-state index contributed by atoms with van der Waals surface area (Å²) in [5.74, 6) is -0.180. The standard InChI is InChI=1S/C36H43N7O5/c1-22-30(16-17-32(45)38-22)27-7-5-6-24(18-27)19-28(34(46)39-29-14-12-26(13-15-29)33-40-42-43-41-33)20-31(44)25-10-8-23(9-11-25)21-37-35(47)48-36(2,3)4/h5-7,12-18,23,25,28H,8-11,19-21H2,1-4H3,(H,37,47)(H,38,45)(H,39,46)(H,40,41,42,43)/t23?,25?,28-/m1/s1. The molecule has 48 heavy (non-hydrogen) atoms. The van der Waals surface area contributed by atoms with Gasteiger partial charge in [-0.05, 0) is 112 Å². The maximum absolute atomic E-state index is 13.8. The third-order valence-corrected chi connectivity index (χ3v) is 8.65. The van der Waals surface area contributed by atoms with Crippen LogP contribution in [0.2, 0.25) is 0 Å². The largest absolute Gasteiger partial charge is 0.444 e. The molecule has 1 fully saturated rings. The van der Waals surface area contributed by atoms with Crippen LogP contribution in [0.4, 0.5) is 10.5 Å². The molecule has 1 atom stereocenters. The van der Waals surface area contributed by atoms with E-state index in [0.717, 1.165) is 40.8 Å². The number of pyridine rings is 1. The van der Waals surface area contributed by atoms with Crippen LogP contribution in [0.15, 0.2) is 65.5 Å². The Hall–Kier alpha value is -5.13. The number of aryl methyl sites for hydroxylation is 1. The zero-order valence-electron chi connectivity index (χ0n) is 27.8. The number of tetrazole rings is 1. The normalized spacial score (nSPS) is 16.9. The van der Waals surface area contributed by atoms with E-state index in [1.165, 1.54) is 6.07 Å². The van der Waals surface area contributed by atoms with Crippen LogP contribution in [-0.2, 0) is 20.7 Å². The van der Waals surface area contributed by atoms with Crippen molar-refractivity contribution in [2.24, 2.45) is 17.8 Å². The number of alkyl carbamates (subject to hydrolysis) is 1. The average Bonchev–Trinajstić information content (AvgIpc) is 3.59. The van der Waals surface area contributed by atoms with Gasteiger partial charge in [0.1, 0.15) is 11.4 Å². The lowest BCUT2D eigenvalue weighted by Crippen LogP contribution is -2.37. The number of Topliss-reactive ketones (excluding diaryl/α,β-unsaturated/α-hetero) is 1. The minimum atomic E-state index is -0.604. The SMILES string of the molecule is Cc1[nH]c(=O)ccc1-c1cccc(C[C@H](CC(=O)C2CCC(CNC(=O)OC(C)(C)C)CC2)C(=O)Nc2ccc(-c3nn[nH]n3)cc2)c1. The number of benzene rings is 2. The first-order valence-electron chi connectivity index (χ1n) is 16.4. The van der Waals surface area contributed by atoms with Gasteiger partial charge in [0, 0.05) is 53.4 Å². The Morgan fingerprint density at radius 2 is 1.73 bits per heavy atom. The predicted molar refractivity (Wildman–Crippen MR) is 182 cm³/mol. The fraction of sp³-hybridized carbons (Fsp3) is 0.417. The third kappa shape index (κ3) is 9.46. The zero-order valence-corrected chi connectivity index (χ0v) is 27.8. The number of amides is 2. The molecule has 0 unspecified atom stereocenters. The second kappa shape index (κ2) is 15.2. The summed E-state index contributed by atoms with van der Waals surface area (Å²) in [6.07, 6.45) is 3.11. The maximum atomic E-state index is 13.8. The summed E-state index contributed by atoms with van der Waals surface area (Å²) in [4.78, 5) is 54.2. The number of hydrogen-bond acceptors (Lipinski definition) is 8. The Morgan fingerprint density at radius 1 is 0.979 bits per heavy atom. The number of nitrogens with zero attached hydrogens (tertiary/aromatic N) is 3. The number of rotatable bonds is 11. The number of carbonyl (C=O) groups excluding carboxylic acids is 3. The second-order valence-corrected chi connectivity index (χ2v) is 13.5. The molecule has 1 aliphatic rings. The van der Waals surface area contributed by atoms with Crippen molar-refractivity contribution in [1.29, 1.82) is 0 Å². The monoisotopic (exact) mass is 653 g/mol.